The average Bonchev–Trinajstić information content (AvgIpc) is 2.39. The van der Waals surface area contributed by atoms with Gasteiger partial charge in [-0.15, -0.1) is 0 Å². The maximum absolute atomic E-state index is 12.2. The van der Waals surface area contributed by atoms with E-state index in [0.29, 0.717) is 10.9 Å². The van der Waals surface area contributed by atoms with Crippen LogP contribution in [0.4, 0.5) is 0 Å². The topological polar surface area (TPSA) is 71.1 Å². The van der Waals surface area contributed by atoms with Crippen LogP contribution in [0.15, 0.2) is 16.7 Å². The number of nitrogens with one attached hydrogen (secondary N) is 2. The van der Waals surface area contributed by atoms with Crippen LogP contribution in [0.1, 0.15) is 30.6 Å². The van der Waals surface area contributed by atoms with E-state index in [9.17, 15) is 9.59 Å². The molecule has 2 amide bonds. The Kier molecular flexibility index (Phi) is 6.42. The van der Waals surface area contributed by atoms with E-state index in [4.69, 9.17) is 11.6 Å². The minimum absolute atomic E-state index is 0.103. The molecule has 7 heteroatoms. The molecule has 0 fully saturated rings. The molecule has 0 radical (unpaired) electrons. The van der Waals surface area contributed by atoms with Crippen molar-refractivity contribution < 1.29 is 9.59 Å². The Hall–Kier alpha value is -1.14. The molecule has 20 heavy (non-hydrogen) atoms. The molecule has 1 aromatic rings. The zero-order valence-electron chi connectivity index (χ0n) is 11.5. The average molecular weight is 363 g/mol. The summed E-state index contributed by atoms with van der Waals surface area (Å²) in [6.07, 6.45) is 2.05. The lowest BCUT2D eigenvalue weighted by Gasteiger charge is -2.19. The molecule has 0 aromatic carbocycles. The molecular formula is C13H17BrClN3O2. The van der Waals surface area contributed by atoms with E-state index in [2.05, 4.69) is 31.5 Å². The number of hydrogen-bond donors (Lipinski definition) is 2. The summed E-state index contributed by atoms with van der Waals surface area (Å²) in [4.78, 5) is 27.9. The molecule has 1 atom stereocenters. The van der Waals surface area contributed by atoms with Crippen LogP contribution in [0.2, 0.25) is 5.15 Å². The van der Waals surface area contributed by atoms with Crippen molar-refractivity contribution in [2.45, 2.75) is 26.3 Å². The first kappa shape index (κ1) is 16.9. The third kappa shape index (κ3) is 4.76. The van der Waals surface area contributed by atoms with Crippen molar-refractivity contribution in [1.82, 2.24) is 15.6 Å². The highest BCUT2D eigenvalue weighted by Crippen LogP contribution is 2.18. The summed E-state index contributed by atoms with van der Waals surface area (Å²) >= 11 is 9.13. The minimum atomic E-state index is -0.595. The number of likely N-dealkylation sites (N-methyl/N-ethyl adjacent to an activating group) is 1. The first-order valence-electron chi connectivity index (χ1n) is 6.18. The summed E-state index contributed by atoms with van der Waals surface area (Å²) in [6.45, 7) is 3.96. The van der Waals surface area contributed by atoms with Crippen molar-refractivity contribution in [2.75, 3.05) is 7.05 Å². The lowest BCUT2D eigenvalue weighted by Crippen LogP contribution is -2.46. The van der Waals surface area contributed by atoms with E-state index in [1.165, 1.54) is 13.2 Å². The third-order valence-electron chi connectivity index (χ3n) is 2.63. The van der Waals surface area contributed by atoms with Gasteiger partial charge in [0, 0.05) is 17.7 Å². The van der Waals surface area contributed by atoms with Crippen molar-refractivity contribution in [3.63, 3.8) is 0 Å². The Bertz CT molecular complexity index is 508. The molecule has 0 aliphatic rings. The fraction of sp³-hybridized carbons (Fsp3) is 0.462. The highest BCUT2D eigenvalue weighted by Gasteiger charge is 2.23. The van der Waals surface area contributed by atoms with Crippen molar-refractivity contribution in [3.05, 3.63) is 27.5 Å². The Morgan fingerprint density at radius 3 is 2.65 bits per heavy atom. The summed E-state index contributed by atoms with van der Waals surface area (Å²) in [5.74, 6) is -0.377. The van der Waals surface area contributed by atoms with Crippen molar-refractivity contribution in [2.24, 2.45) is 5.92 Å². The van der Waals surface area contributed by atoms with Crippen LogP contribution in [-0.2, 0) is 4.79 Å². The van der Waals surface area contributed by atoms with Gasteiger partial charge in [-0.2, -0.15) is 0 Å². The first-order chi connectivity index (χ1) is 9.35. The smallest absolute Gasteiger partial charge is 0.255 e. The van der Waals surface area contributed by atoms with Crippen molar-refractivity contribution in [1.29, 1.82) is 0 Å². The van der Waals surface area contributed by atoms with Crippen LogP contribution in [-0.4, -0.2) is 29.9 Å². The normalized spacial score (nSPS) is 12.1. The standard InChI is InChI=1S/C13H17BrClN3O2/c1-7(2)4-10(13(20)16-3)18-12(19)9-5-8(14)6-17-11(9)15/h5-7,10H,4H2,1-3H3,(H,16,20)(H,18,19). The second-order valence-corrected chi connectivity index (χ2v) is 6.04. The Labute approximate surface area is 131 Å². The van der Waals surface area contributed by atoms with Gasteiger partial charge in [-0.3, -0.25) is 9.59 Å². The predicted octanol–water partition coefficient (Wildman–Crippen LogP) is 2.39. The predicted molar refractivity (Wildman–Crippen MR) is 81.7 cm³/mol. The number of nitrogens with zero attached hydrogens (tertiary/aromatic N) is 1. The van der Waals surface area contributed by atoms with Crippen molar-refractivity contribution >= 4 is 39.3 Å². The Morgan fingerprint density at radius 2 is 2.10 bits per heavy atom. The maximum atomic E-state index is 12.2. The van der Waals surface area contributed by atoms with E-state index in [-0.39, 0.29) is 22.5 Å². The van der Waals surface area contributed by atoms with E-state index < -0.39 is 11.9 Å². The SMILES string of the molecule is CNC(=O)C(CC(C)C)NC(=O)c1cc(Br)cnc1Cl. The summed E-state index contributed by atoms with van der Waals surface area (Å²) < 4.78 is 0.646. The molecule has 1 unspecified atom stereocenters. The molecule has 0 saturated heterocycles. The molecule has 0 bridgehead atoms. The van der Waals surface area contributed by atoms with Crippen molar-refractivity contribution in [3.8, 4) is 0 Å². The molecule has 110 valence electrons. The zero-order chi connectivity index (χ0) is 15.3. The number of aromatic nitrogens is 1. The van der Waals surface area contributed by atoms with E-state index in [0.717, 1.165) is 0 Å². The van der Waals surface area contributed by atoms with Crippen LogP contribution in [0.3, 0.4) is 0 Å². The monoisotopic (exact) mass is 361 g/mol. The van der Waals surface area contributed by atoms with Gasteiger partial charge in [0.25, 0.3) is 5.91 Å². The molecular weight excluding hydrogens is 346 g/mol. The molecule has 1 heterocycles. The highest BCUT2D eigenvalue weighted by molar-refractivity contribution is 9.10. The number of hydrogen-bond acceptors (Lipinski definition) is 3. The quantitative estimate of drug-likeness (QED) is 0.790. The number of carbonyl (C=O) groups is 2. The lowest BCUT2D eigenvalue weighted by atomic mass is 10.0. The minimum Gasteiger partial charge on any atom is -0.357 e. The largest absolute Gasteiger partial charge is 0.357 e. The summed E-state index contributed by atoms with van der Waals surface area (Å²) in [7, 11) is 1.54. The highest BCUT2D eigenvalue weighted by atomic mass is 79.9. The van der Waals surface area contributed by atoms with Crippen LogP contribution < -0.4 is 10.6 Å². The van der Waals surface area contributed by atoms with Gasteiger partial charge in [0.1, 0.15) is 11.2 Å². The van der Waals surface area contributed by atoms with Crippen LogP contribution >= 0.6 is 27.5 Å². The number of carbonyl (C=O) groups excluding carboxylic acids is 2. The van der Waals surface area contributed by atoms with Gasteiger partial charge in [-0.05, 0) is 34.3 Å². The van der Waals surface area contributed by atoms with Gasteiger partial charge in [-0.1, -0.05) is 25.4 Å². The van der Waals surface area contributed by atoms with E-state index in [1.54, 1.807) is 6.07 Å². The van der Waals surface area contributed by atoms with Gasteiger partial charge in [-0.25, -0.2) is 4.98 Å². The lowest BCUT2D eigenvalue weighted by molar-refractivity contribution is -0.122. The number of halogens is 2. The second-order valence-electron chi connectivity index (χ2n) is 4.76. The fourth-order valence-electron chi connectivity index (χ4n) is 1.69. The summed E-state index contributed by atoms with van der Waals surface area (Å²) in [5.41, 5.74) is 0.235. The molecule has 0 aliphatic heterocycles. The number of rotatable bonds is 5. The molecule has 0 aliphatic carbocycles. The Morgan fingerprint density at radius 1 is 1.45 bits per heavy atom. The van der Waals surface area contributed by atoms with Crippen LogP contribution in [0, 0.1) is 5.92 Å². The van der Waals surface area contributed by atoms with Crippen LogP contribution in [0.25, 0.3) is 0 Å². The molecule has 0 saturated carbocycles. The maximum Gasteiger partial charge on any atom is 0.255 e. The first-order valence-corrected chi connectivity index (χ1v) is 7.35. The number of amides is 2. The molecule has 1 aromatic heterocycles. The van der Waals surface area contributed by atoms with Gasteiger partial charge in [0.2, 0.25) is 5.91 Å². The zero-order valence-corrected chi connectivity index (χ0v) is 13.9. The van der Waals surface area contributed by atoms with Gasteiger partial charge >= 0.3 is 0 Å². The molecule has 0 spiro atoms. The Balaban J connectivity index is 2.90. The van der Waals surface area contributed by atoms with Gasteiger partial charge < -0.3 is 10.6 Å². The summed E-state index contributed by atoms with van der Waals surface area (Å²) in [6, 6.07) is 0.976. The number of pyridine rings is 1. The van der Waals surface area contributed by atoms with Gasteiger partial charge in [0.05, 0.1) is 5.56 Å². The second kappa shape index (κ2) is 7.59. The van der Waals surface area contributed by atoms with E-state index >= 15 is 0 Å². The van der Waals surface area contributed by atoms with Gasteiger partial charge in [0.15, 0.2) is 0 Å². The van der Waals surface area contributed by atoms with E-state index in [1.807, 2.05) is 13.8 Å². The molecule has 5 nitrogen and oxygen atoms in total. The fourth-order valence-corrected chi connectivity index (χ4v) is 2.22. The van der Waals surface area contributed by atoms with Crippen LogP contribution in [0.5, 0.6) is 0 Å². The molecule has 1 rings (SSSR count). The summed E-state index contributed by atoms with van der Waals surface area (Å²) in [5, 5.41) is 5.33. The third-order valence-corrected chi connectivity index (χ3v) is 3.36. The molecule has 2 N–H and O–H groups in total.